The van der Waals surface area contributed by atoms with Crippen molar-refractivity contribution in [1.29, 1.82) is 0 Å². The third kappa shape index (κ3) is 6.73. The van der Waals surface area contributed by atoms with Gasteiger partial charge in [0.05, 0.1) is 40.2 Å². The highest BCUT2D eigenvalue weighted by atomic mass is 16.5. The van der Waals surface area contributed by atoms with Crippen molar-refractivity contribution in [3.63, 3.8) is 0 Å². The second kappa shape index (κ2) is 15.4. The molecule has 0 saturated carbocycles. The van der Waals surface area contributed by atoms with Crippen LogP contribution in [0.25, 0.3) is 49.9 Å². The third-order valence-corrected chi connectivity index (χ3v) is 16.0. The number of hydrogen-bond donors (Lipinski definition) is 0. The summed E-state index contributed by atoms with van der Waals surface area (Å²) in [5, 5.41) is 2.32. The summed E-state index contributed by atoms with van der Waals surface area (Å²) in [7, 11) is 2.24. The predicted molar refractivity (Wildman–Crippen MR) is 301 cm³/mol. The van der Waals surface area contributed by atoms with Gasteiger partial charge in [-0.15, -0.1) is 0 Å². The number of aryl methyl sites for hydroxylation is 1. The van der Waals surface area contributed by atoms with Crippen molar-refractivity contribution in [3.8, 4) is 39.6 Å². The molecule has 0 fully saturated rings. The summed E-state index contributed by atoms with van der Waals surface area (Å²) in [6.07, 6.45) is 5.68. The van der Waals surface area contributed by atoms with Gasteiger partial charge in [-0.25, -0.2) is 4.98 Å². The maximum atomic E-state index is 7.14. The second-order valence-corrected chi connectivity index (χ2v) is 25.0. The van der Waals surface area contributed by atoms with E-state index in [2.05, 4.69) is 232 Å². The number of para-hydroxylation sites is 2. The molecule has 1 spiro atoms. The molecule has 0 radical (unpaired) electrons. The summed E-state index contributed by atoms with van der Waals surface area (Å²) in [5.74, 6) is 2.43. The van der Waals surface area contributed by atoms with Crippen molar-refractivity contribution in [3.05, 3.63) is 190 Å². The molecule has 0 atom stereocenters. The molecule has 3 aliphatic rings. The number of benzene rings is 6. The van der Waals surface area contributed by atoms with E-state index in [1.165, 1.54) is 78.1 Å². The van der Waals surface area contributed by atoms with Gasteiger partial charge in [-0.2, -0.15) is 0 Å². The van der Waals surface area contributed by atoms with E-state index >= 15 is 0 Å². The van der Waals surface area contributed by atoms with Crippen LogP contribution in [-0.4, -0.2) is 28.3 Å². The van der Waals surface area contributed by atoms with Crippen molar-refractivity contribution >= 4 is 38.9 Å². The van der Waals surface area contributed by atoms with Gasteiger partial charge in [0.1, 0.15) is 17.3 Å². The van der Waals surface area contributed by atoms with Crippen molar-refractivity contribution in [2.24, 2.45) is 0 Å². The zero-order valence-electron chi connectivity index (χ0n) is 44.6. The Balaban J connectivity index is 1.10. The van der Waals surface area contributed by atoms with Crippen LogP contribution in [0.2, 0.25) is 0 Å². The average molecular weight is 946 g/mol. The molecule has 72 heavy (non-hydrogen) atoms. The Bertz CT molecular complexity index is 3640. The van der Waals surface area contributed by atoms with E-state index in [4.69, 9.17) is 9.72 Å². The standard InChI is InChI=1S/C66H67N5O/c1-39-29-58(68-37-49(39)40-19-18-28-67-36-40)71-54-22-16-15-20-45(54)46-26-24-43(34-56(46)71)72-44-25-27-50-57(35-44)70-38-69(14)55-23-17-21-51(61(55)70)66(50)59-47(30-41(62(2,3)4)32-52(59)64(8,9)10)48-31-42(63(5,6)7)33-53(60(48)66)65(11,12)13/h15-37H,38H2,1-14H3. The molecule has 0 amide bonds. The van der Waals surface area contributed by atoms with Crippen LogP contribution in [0.5, 0.6) is 11.5 Å². The molecule has 6 heteroatoms. The monoisotopic (exact) mass is 946 g/mol. The summed E-state index contributed by atoms with van der Waals surface area (Å²) in [6.45, 7) is 31.6. The summed E-state index contributed by atoms with van der Waals surface area (Å²) < 4.78 is 9.41. The highest BCUT2D eigenvalue weighted by Crippen LogP contribution is 2.68. The summed E-state index contributed by atoms with van der Waals surface area (Å²) in [6, 6.07) is 45.7. The van der Waals surface area contributed by atoms with Gasteiger partial charge in [0.15, 0.2) is 0 Å². The lowest BCUT2D eigenvalue weighted by Crippen LogP contribution is -2.40. The highest BCUT2D eigenvalue weighted by molar-refractivity contribution is 6.09. The largest absolute Gasteiger partial charge is 0.457 e. The van der Waals surface area contributed by atoms with Gasteiger partial charge in [0, 0.05) is 59.7 Å². The van der Waals surface area contributed by atoms with Crippen molar-refractivity contribution in [2.45, 2.75) is 117 Å². The lowest BCUT2D eigenvalue weighted by Gasteiger charge is -2.46. The number of nitrogens with zero attached hydrogens (tertiary/aromatic N) is 5. The van der Waals surface area contributed by atoms with Gasteiger partial charge < -0.3 is 14.5 Å². The second-order valence-electron chi connectivity index (χ2n) is 25.0. The number of ether oxygens (including phenoxy) is 1. The van der Waals surface area contributed by atoms with Crippen LogP contribution in [-0.2, 0) is 27.1 Å². The first-order valence-electron chi connectivity index (χ1n) is 25.8. The fourth-order valence-electron chi connectivity index (χ4n) is 12.4. The summed E-state index contributed by atoms with van der Waals surface area (Å²) >= 11 is 0. The minimum atomic E-state index is -0.624. The van der Waals surface area contributed by atoms with Crippen LogP contribution in [0.3, 0.4) is 0 Å². The van der Waals surface area contributed by atoms with Gasteiger partial charge in [-0.3, -0.25) is 9.55 Å². The average Bonchev–Trinajstić information content (AvgIpc) is 3.95. The molecule has 0 N–H and O–H groups in total. The lowest BCUT2D eigenvalue weighted by molar-refractivity contribution is 0.482. The first-order chi connectivity index (χ1) is 34.0. The van der Waals surface area contributed by atoms with Crippen LogP contribution >= 0.6 is 0 Å². The number of rotatable bonds is 4. The summed E-state index contributed by atoms with van der Waals surface area (Å²) in [5.41, 5.74) is 21.8. The molecular formula is C66H67N5O. The van der Waals surface area contributed by atoms with Crippen molar-refractivity contribution in [1.82, 2.24) is 14.5 Å². The maximum Gasteiger partial charge on any atom is 0.137 e. The van der Waals surface area contributed by atoms with E-state index in [1.807, 2.05) is 24.7 Å². The Morgan fingerprint density at radius 2 is 1.18 bits per heavy atom. The lowest BCUT2D eigenvalue weighted by atomic mass is 9.59. The van der Waals surface area contributed by atoms with Crippen LogP contribution < -0.4 is 14.5 Å². The Kier molecular flexibility index (Phi) is 9.83. The Hall–Kier alpha value is -7.18. The number of hydrogen-bond acceptors (Lipinski definition) is 5. The number of aromatic nitrogens is 3. The first kappa shape index (κ1) is 45.9. The maximum absolute atomic E-state index is 7.14. The quantitative estimate of drug-likeness (QED) is 0.176. The molecule has 0 unspecified atom stereocenters. The third-order valence-electron chi connectivity index (χ3n) is 16.0. The summed E-state index contributed by atoms with van der Waals surface area (Å²) in [4.78, 5) is 14.4. The Labute approximate surface area is 426 Å². The minimum absolute atomic E-state index is 0.0542. The van der Waals surface area contributed by atoms with E-state index in [9.17, 15) is 0 Å². The van der Waals surface area contributed by atoms with E-state index in [-0.39, 0.29) is 21.7 Å². The molecule has 6 nitrogen and oxygen atoms in total. The fraction of sp³-hybridized carbons (Fsp3) is 0.303. The van der Waals surface area contributed by atoms with Crippen molar-refractivity contribution < 1.29 is 4.74 Å². The number of anilines is 3. The smallest absolute Gasteiger partial charge is 0.137 e. The van der Waals surface area contributed by atoms with Gasteiger partial charge in [0.25, 0.3) is 0 Å². The molecule has 9 aromatic rings. The van der Waals surface area contributed by atoms with Crippen LogP contribution in [0.15, 0.2) is 140 Å². The molecule has 6 aromatic carbocycles. The normalized spacial score (nSPS) is 14.8. The molecule has 12 rings (SSSR count). The zero-order chi connectivity index (χ0) is 50.6. The Morgan fingerprint density at radius 1 is 0.542 bits per heavy atom. The van der Waals surface area contributed by atoms with E-state index in [1.54, 1.807) is 0 Å². The van der Waals surface area contributed by atoms with Crippen LogP contribution in [0.4, 0.5) is 17.1 Å². The topological polar surface area (TPSA) is 46.4 Å². The van der Waals surface area contributed by atoms with E-state index < -0.39 is 5.41 Å². The van der Waals surface area contributed by atoms with Crippen molar-refractivity contribution in [2.75, 3.05) is 23.5 Å². The molecule has 1 aliphatic carbocycles. The molecule has 0 saturated heterocycles. The van der Waals surface area contributed by atoms with E-state index in [0.717, 1.165) is 57.1 Å². The van der Waals surface area contributed by atoms with Gasteiger partial charge in [0.2, 0.25) is 0 Å². The van der Waals surface area contributed by atoms with Gasteiger partial charge in [-0.05, 0) is 132 Å². The first-order valence-corrected chi connectivity index (χ1v) is 25.8. The van der Waals surface area contributed by atoms with Crippen LogP contribution in [0.1, 0.15) is 133 Å². The highest BCUT2D eigenvalue weighted by Gasteiger charge is 2.57. The van der Waals surface area contributed by atoms with Gasteiger partial charge >= 0.3 is 0 Å². The molecule has 0 bridgehead atoms. The minimum Gasteiger partial charge on any atom is -0.457 e. The molecular weight excluding hydrogens is 879 g/mol. The predicted octanol–water partition coefficient (Wildman–Crippen LogP) is 16.8. The molecule has 2 aliphatic heterocycles. The Morgan fingerprint density at radius 3 is 1.81 bits per heavy atom. The molecule has 5 heterocycles. The number of pyridine rings is 2. The van der Waals surface area contributed by atoms with E-state index in [0.29, 0.717) is 0 Å². The molecule has 3 aromatic heterocycles. The van der Waals surface area contributed by atoms with Gasteiger partial charge in [-0.1, -0.05) is 150 Å². The molecule has 362 valence electrons. The SMILES string of the molecule is Cc1cc(-n2c3ccccc3c3ccc(Oc4ccc5c(c4)N4CN(C)c6cccc(c64)C54c5c(cc(C(C)(C)C)cc5C(C)(C)C)-c5cc(C(C)(C)C)cc(C(C)(C)C)c54)cc32)ncc1-c1cccnc1. The van der Waals surface area contributed by atoms with Crippen LogP contribution in [0, 0.1) is 6.92 Å². The fourth-order valence-corrected chi connectivity index (χ4v) is 12.4. The number of fused-ring (bicyclic) bond motifs is 12. The zero-order valence-corrected chi connectivity index (χ0v) is 44.6.